The number of aromatic nitrogens is 1. The quantitative estimate of drug-likeness (QED) is 0.244. The fourth-order valence-corrected chi connectivity index (χ4v) is 5.70. The number of hydroxylamine groups is 1. The topological polar surface area (TPSA) is 102 Å². The Labute approximate surface area is 233 Å². The lowest BCUT2D eigenvalue weighted by Crippen LogP contribution is -2.32. The molecule has 1 aromatic rings. The van der Waals surface area contributed by atoms with Crippen LogP contribution in [0.3, 0.4) is 0 Å². The average Bonchev–Trinajstić information content (AvgIpc) is 3.20. The van der Waals surface area contributed by atoms with Gasteiger partial charge in [-0.05, 0) is 83.0 Å². The Morgan fingerprint density at radius 3 is 2.59 bits per heavy atom. The molecule has 2 saturated heterocycles. The van der Waals surface area contributed by atoms with Crippen LogP contribution in [0.2, 0.25) is 0 Å². The van der Waals surface area contributed by atoms with E-state index in [1.54, 1.807) is 12.3 Å². The molecule has 2 N–H and O–H groups in total. The normalized spacial score (nSPS) is 23.5. The van der Waals surface area contributed by atoms with E-state index in [1.165, 1.54) is 44.6 Å². The number of hydrogen-bond donors (Lipinski definition) is 2. The number of carbonyl (C=O) groups is 2. The highest BCUT2D eigenvalue weighted by Crippen LogP contribution is 2.34. The summed E-state index contributed by atoms with van der Waals surface area (Å²) in [6.45, 7) is 9.28. The van der Waals surface area contributed by atoms with Gasteiger partial charge in [-0.3, -0.25) is 10.1 Å². The second-order valence-corrected chi connectivity index (χ2v) is 12.1. The van der Waals surface area contributed by atoms with Crippen molar-refractivity contribution >= 4 is 23.9 Å². The van der Waals surface area contributed by atoms with Crippen molar-refractivity contribution in [3.05, 3.63) is 29.5 Å². The van der Waals surface area contributed by atoms with Gasteiger partial charge >= 0.3 is 6.09 Å². The predicted octanol–water partition coefficient (Wildman–Crippen LogP) is 5.78. The van der Waals surface area contributed by atoms with E-state index in [0.717, 1.165) is 62.4 Å². The van der Waals surface area contributed by atoms with Crippen molar-refractivity contribution in [3.8, 4) is 0 Å². The van der Waals surface area contributed by atoms with E-state index in [4.69, 9.17) is 14.3 Å². The van der Waals surface area contributed by atoms with E-state index in [-0.39, 0.29) is 11.8 Å². The maximum Gasteiger partial charge on any atom is 0.413 e. The average molecular weight is 543 g/mol. The van der Waals surface area contributed by atoms with Gasteiger partial charge in [0, 0.05) is 49.9 Å². The van der Waals surface area contributed by atoms with Crippen LogP contribution >= 0.6 is 0 Å². The zero-order valence-corrected chi connectivity index (χ0v) is 23.9. The summed E-state index contributed by atoms with van der Waals surface area (Å²) in [6, 6.07) is 2.02. The van der Waals surface area contributed by atoms with Gasteiger partial charge in [-0.2, -0.15) is 0 Å². The van der Waals surface area contributed by atoms with Crippen molar-refractivity contribution < 1.29 is 23.9 Å². The summed E-state index contributed by atoms with van der Waals surface area (Å²) in [7, 11) is 0. The third-order valence-corrected chi connectivity index (χ3v) is 7.62. The molecular weight excluding hydrogens is 496 g/mol. The summed E-state index contributed by atoms with van der Waals surface area (Å²) in [5.74, 6) is 1.17. The number of rotatable bonds is 8. The zero-order valence-electron chi connectivity index (χ0n) is 23.9. The molecule has 0 bridgehead atoms. The lowest BCUT2D eigenvalue weighted by atomic mass is 9.97. The molecule has 2 aliphatic heterocycles. The zero-order chi connectivity index (χ0) is 27.7. The molecule has 0 spiro atoms. The highest BCUT2D eigenvalue weighted by atomic mass is 16.8. The first-order valence-corrected chi connectivity index (χ1v) is 14.7. The van der Waals surface area contributed by atoms with Gasteiger partial charge in [0.25, 0.3) is 5.91 Å². The summed E-state index contributed by atoms with van der Waals surface area (Å²) >= 11 is 0. The van der Waals surface area contributed by atoms with E-state index < -0.39 is 18.0 Å². The summed E-state index contributed by atoms with van der Waals surface area (Å²) in [4.78, 5) is 37.4. The highest BCUT2D eigenvalue weighted by Gasteiger charge is 2.29. The summed E-state index contributed by atoms with van der Waals surface area (Å²) < 4.78 is 11.0. The second-order valence-electron chi connectivity index (χ2n) is 12.1. The molecule has 4 rings (SSSR count). The number of likely N-dealkylation sites (tertiary alicyclic amines) is 1. The first-order chi connectivity index (χ1) is 18.7. The SMILES string of the molecule is CC(C)(C)OC(=O)Nc1ncc(/C=C/C(=O)NOC2CCCCO2)cc1[C@H]1CCN(CC2CCCCCC2)C1. The van der Waals surface area contributed by atoms with Crippen LogP contribution < -0.4 is 10.8 Å². The van der Waals surface area contributed by atoms with E-state index in [1.807, 2.05) is 26.8 Å². The fourth-order valence-electron chi connectivity index (χ4n) is 5.70. The Balaban J connectivity index is 1.42. The Kier molecular flexibility index (Phi) is 10.8. The van der Waals surface area contributed by atoms with Crippen LogP contribution in [0.25, 0.3) is 6.08 Å². The molecule has 3 aliphatic rings. The number of anilines is 1. The van der Waals surface area contributed by atoms with Crippen molar-refractivity contribution in [1.29, 1.82) is 0 Å². The fraction of sp³-hybridized carbons (Fsp3) is 0.700. The molecule has 0 radical (unpaired) electrons. The van der Waals surface area contributed by atoms with Gasteiger partial charge in [0.05, 0.1) is 0 Å². The van der Waals surface area contributed by atoms with Crippen molar-refractivity contribution in [2.45, 2.75) is 103 Å². The molecule has 9 heteroatoms. The van der Waals surface area contributed by atoms with Gasteiger partial charge in [-0.15, -0.1) is 0 Å². The number of nitrogens with one attached hydrogen (secondary N) is 2. The molecule has 2 amide bonds. The Morgan fingerprint density at radius 1 is 1.10 bits per heavy atom. The summed E-state index contributed by atoms with van der Waals surface area (Å²) in [5, 5.41) is 2.87. The molecule has 9 nitrogen and oxygen atoms in total. The van der Waals surface area contributed by atoms with E-state index in [0.29, 0.717) is 12.4 Å². The van der Waals surface area contributed by atoms with Crippen molar-refractivity contribution in [2.24, 2.45) is 5.92 Å². The lowest BCUT2D eigenvalue weighted by Gasteiger charge is -2.23. The minimum absolute atomic E-state index is 0.238. The first-order valence-electron chi connectivity index (χ1n) is 14.7. The molecule has 3 fully saturated rings. The molecular formula is C30H46N4O5. The number of carbonyl (C=O) groups excluding carboxylic acids is 2. The minimum atomic E-state index is -0.603. The third-order valence-electron chi connectivity index (χ3n) is 7.62. The van der Waals surface area contributed by atoms with Crippen molar-refractivity contribution in [3.63, 3.8) is 0 Å². The van der Waals surface area contributed by atoms with Crippen LogP contribution in [0.4, 0.5) is 10.6 Å². The van der Waals surface area contributed by atoms with Crippen LogP contribution in [0.5, 0.6) is 0 Å². The van der Waals surface area contributed by atoms with E-state index >= 15 is 0 Å². The molecule has 1 aromatic heterocycles. The number of amides is 2. The number of hydrogen-bond acceptors (Lipinski definition) is 7. The molecule has 1 saturated carbocycles. The number of ether oxygens (including phenoxy) is 2. The maximum absolute atomic E-state index is 12.6. The predicted molar refractivity (Wildman–Crippen MR) is 151 cm³/mol. The van der Waals surface area contributed by atoms with Crippen LogP contribution in [-0.4, -0.2) is 60.0 Å². The molecule has 3 heterocycles. The third kappa shape index (κ3) is 9.89. The maximum atomic E-state index is 12.6. The second kappa shape index (κ2) is 14.2. The first kappa shape index (κ1) is 29.5. The number of pyridine rings is 1. The Bertz CT molecular complexity index is 978. The van der Waals surface area contributed by atoms with Crippen LogP contribution in [0.15, 0.2) is 18.3 Å². The van der Waals surface area contributed by atoms with Crippen LogP contribution in [-0.2, 0) is 19.1 Å². The molecule has 216 valence electrons. The Morgan fingerprint density at radius 2 is 1.87 bits per heavy atom. The molecule has 0 aromatic carbocycles. The van der Waals surface area contributed by atoms with Gasteiger partial charge in [-0.25, -0.2) is 20.1 Å². The van der Waals surface area contributed by atoms with Crippen LogP contribution in [0, 0.1) is 5.92 Å². The van der Waals surface area contributed by atoms with Crippen LogP contribution in [0.1, 0.15) is 102 Å². The minimum Gasteiger partial charge on any atom is -0.444 e. The number of nitrogens with zero attached hydrogens (tertiary/aromatic N) is 2. The van der Waals surface area contributed by atoms with Crippen molar-refractivity contribution in [1.82, 2.24) is 15.4 Å². The van der Waals surface area contributed by atoms with Gasteiger partial charge in [0.15, 0.2) is 6.29 Å². The summed E-state index contributed by atoms with van der Waals surface area (Å²) in [6.07, 6.45) is 15.8. The monoisotopic (exact) mass is 542 g/mol. The van der Waals surface area contributed by atoms with E-state index in [9.17, 15) is 9.59 Å². The largest absolute Gasteiger partial charge is 0.444 e. The molecule has 2 atom stereocenters. The van der Waals surface area contributed by atoms with Gasteiger partial charge in [0.1, 0.15) is 11.4 Å². The van der Waals surface area contributed by atoms with Gasteiger partial charge < -0.3 is 14.4 Å². The smallest absolute Gasteiger partial charge is 0.413 e. The van der Waals surface area contributed by atoms with Gasteiger partial charge in [-0.1, -0.05) is 25.7 Å². The Hall–Kier alpha value is -2.49. The van der Waals surface area contributed by atoms with Gasteiger partial charge in [0.2, 0.25) is 0 Å². The lowest BCUT2D eigenvalue weighted by molar-refractivity contribution is -0.198. The summed E-state index contributed by atoms with van der Waals surface area (Å²) in [5.41, 5.74) is 3.60. The van der Waals surface area contributed by atoms with E-state index in [2.05, 4.69) is 20.7 Å². The highest BCUT2D eigenvalue weighted by molar-refractivity contribution is 5.91. The molecule has 39 heavy (non-hydrogen) atoms. The standard InChI is InChI=1S/C30H46N4O5/c1-30(2,3)38-29(36)32-28-25(24-15-16-34(21-24)20-22-10-6-4-5-7-11-22)18-23(19-31-28)13-14-26(35)33-39-27-12-8-9-17-37-27/h13-14,18-19,22,24,27H,4-12,15-17,20-21H2,1-3H3,(H,33,35)(H,31,32,36)/b14-13+/t24-,27?/m0/s1. The molecule has 1 aliphatic carbocycles. The van der Waals surface area contributed by atoms with Crippen molar-refractivity contribution in [2.75, 3.05) is 31.6 Å². The molecule has 1 unspecified atom stereocenters.